The zero-order valence-electron chi connectivity index (χ0n) is 15.3. The van der Waals surface area contributed by atoms with E-state index in [0.29, 0.717) is 0 Å². The fourth-order valence-corrected chi connectivity index (χ4v) is 3.66. The number of carbonyl (C=O) groups excluding carboxylic acids is 1. The second kappa shape index (κ2) is 8.60. The van der Waals surface area contributed by atoms with Crippen LogP contribution >= 0.6 is 0 Å². The van der Waals surface area contributed by atoms with Gasteiger partial charge in [0.15, 0.2) is 0 Å². The Morgan fingerprint density at radius 2 is 1.70 bits per heavy atom. The minimum absolute atomic E-state index is 0.116. The Morgan fingerprint density at radius 3 is 2.30 bits per heavy atom. The number of amides is 1. The molecule has 6 nitrogen and oxygen atoms in total. The fourth-order valence-electron chi connectivity index (χ4n) is 2.39. The van der Waals surface area contributed by atoms with Gasteiger partial charge >= 0.3 is 0 Å². The van der Waals surface area contributed by atoms with Crippen molar-refractivity contribution in [3.8, 4) is 0 Å². The van der Waals surface area contributed by atoms with Crippen molar-refractivity contribution in [2.45, 2.75) is 36.7 Å². The Labute approximate surface area is 159 Å². The second-order valence-corrected chi connectivity index (χ2v) is 8.68. The van der Waals surface area contributed by atoms with E-state index in [1.807, 2.05) is 6.07 Å². The number of nitrogens with two attached hydrogens (primary N) is 1. The van der Waals surface area contributed by atoms with Crippen LogP contribution in [0.15, 0.2) is 59.5 Å². The lowest BCUT2D eigenvalue weighted by Gasteiger charge is -2.23. The van der Waals surface area contributed by atoms with Crippen LogP contribution in [-0.4, -0.2) is 32.5 Å². The summed E-state index contributed by atoms with van der Waals surface area (Å²) in [6.45, 7) is 3.64. The number of hydrogen-bond acceptors (Lipinski definition) is 4. The van der Waals surface area contributed by atoms with E-state index >= 15 is 0 Å². The van der Waals surface area contributed by atoms with Gasteiger partial charge < -0.3 is 11.1 Å². The largest absolute Gasteiger partial charge is 0.353 e. The molecule has 4 N–H and O–H groups in total. The van der Waals surface area contributed by atoms with Crippen molar-refractivity contribution in [1.29, 1.82) is 0 Å². The first-order chi connectivity index (χ1) is 12.6. The number of carbonyl (C=O) groups is 1. The van der Waals surface area contributed by atoms with Gasteiger partial charge in [-0.05, 0) is 38.0 Å². The average Bonchev–Trinajstić information content (AvgIpc) is 2.59. The predicted molar refractivity (Wildman–Crippen MR) is 102 cm³/mol. The Balaban J connectivity index is 2.26. The van der Waals surface area contributed by atoms with E-state index in [1.54, 1.807) is 38.1 Å². The number of rotatable bonds is 8. The molecule has 1 atom stereocenters. The van der Waals surface area contributed by atoms with Gasteiger partial charge in [0.05, 0.1) is 0 Å². The van der Waals surface area contributed by atoms with Crippen LogP contribution in [0.5, 0.6) is 0 Å². The third-order valence-corrected chi connectivity index (χ3v) is 5.25. The van der Waals surface area contributed by atoms with Gasteiger partial charge in [0.25, 0.3) is 0 Å². The maximum absolute atomic E-state index is 13.9. The van der Waals surface area contributed by atoms with Gasteiger partial charge in [-0.15, -0.1) is 0 Å². The van der Waals surface area contributed by atoms with Crippen LogP contribution in [0.3, 0.4) is 0 Å². The van der Waals surface area contributed by atoms with Crippen LogP contribution in [0, 0.1) is 5.82 Å². The van der Waals surface area contributed by atoms with Crippen molar-refractivity contribution in [1.82, 2.24) is 10.0 Å². The van der Waals surface area contributed by atoms with E-state index in [0.717, 1.165) is 17.7 Å². The number of halogens is 1. The lowest BCUT2D eigenvalue weighted by Crippen LogP contribution is -2.52. The van der Waals surface area contributed by atoms with Crippen molar-refractivity contribution >= 4 is 15.9 Å². The summed E-state index contributed by atoms with van der Waals surface area (Å²) in [5, 5.41) is 2.65. The highest BCUT2D eigenvalue weighted by Gasteiger charge is 2.28. The predicted octanol–water partition coefficient (Wildman–Crippen LogP) is 1.57. The van der Waals surface area contributed by atoms with Crippen molar-refractivity contribution in [3.05, 3.63) is 66.0 Å². The molecule has 1 amide bonds. The minimum Gasteiger partial charge on any atom is -0.353 e. The number of sulfonamides is 1. The third kappa shape index (κ3) is 6.42. The molecule has 0 bridgehead atoms. The van der Waals surface area contributed by atoms with Gasteiger partial charge in [-0.1, -0.05) is 42.5 Å². The first-order valence-corrected chi connectivity index (χ1v) is 9.94. The molecule has 0 heterocycles. The first kappa shape index (κ1) is 21.0. The molecule has 2 aromatic rings. The highest BCUT2D eigenvalue weighted by Crippen LogP contribution is 2.15. The van der Waals surface area contributed by atoms with Gasteiger partial charge in [-0.3, -0.25) is 4.79 Å². The van der Waals surface area contributed by atoms with Crippen molar-refractivity contribution in [2.24, 2.45) is 5.73 Å². The van der Waals surface area contributed by atoms with Crippen LogP contribution in [0.1, 0.15) is 19.4 Å². The molecule has 8 heteroatoms. The van der Waals surface area contributed by atoms with Gasteiger partial charge in [0.1, 0.15) is 16.8 Å². The fraction of sp³-hybridized carbons (Fsp3) is 0.316. The average molecular weight is 393 g/mol. The van der Waals surface area contributed by atoms with E-state index in [-0.39, 0.29) is 13.0 Å². The van der Waals surface area contributed by atoms with Crippen LogP contribution < -0.4 is 15.8 Å². The molecule has 0 aromatic heterocycles. The lowest BCUT2D eigenvalue weighted by atomic mass is 10.0. The Bertz CT molecular complexity index is 881. The van der Waals surface area contributed by atoms with Gasteiger partial charge in [0, 0.05) is 12.1 Å². The zero-order valence-corrected chi connectivity index (χ0v) is 16.1. The summed E-state index contributed by atoms with van der Waals surface area (Å²) in [6.07, 6.45) is 0.116. The minimum atomic E-state index is -4.23. The molecule has 146 valence electrons. The standard InChI is InChI=1S/C19H24FN3O3S/c1-19(2,21)13-22-18(24)16(12-14-8-4-3-5-9-14)23-27(25,26)17-11-7-6-10-15(17)20/h3-11,16,23H,12-13,21H2,1-2H3,(H,22,24). The maximum Gasteiger partial charge on any atom is 0.244 e. The molecule has 0 saturated carbocycles. The Morgan fingerprint density at radius 1 is 1.11 bits per heavy atom. The van der Waals surface area contributed by atoms with Gasteiger partial charge in [-0.2, -0.15) is 4.72 Å². The summed E-state index contributed by atoms with van der Waals surface area (Å²) in [6, 6.07) is 12.9. The molecule has 0 aliphatic heterocycles. The molecular formula is C19H24FN3O3S. The summed E-state index contributed by atoms with van der Waals surface area (Å²) >= 11 is 0. The van der Waals surface area contributed by atoms with Crippen LogP contribution in [-0.2, 0) is 21.2 Å². The lowest BCUT2D eigenvalue weighted by molar-refractivity contribution is -0.122. The number of nitrogens with one attached hydrogen (secondary N) is 2. The molecule has 0 radical (unpaired) electrons. The van der Waals surface area contributed by atoms with Crippen molar-refractivity contribution in [3.63, 3.8) is 0 Å². The summed E-state index contributed by atoms with van der Waals surface area (Å²) < 4.78 is 41.5. The zero-order chi connectivity index (χ0) is 20.1. The molecule has 0 fully saturated rings. The highest BCUT2D eigenvalue weighted by molar-refractivity contribution is 7.89. The molecule has 27 heavy (non-hydrogen) atoms. The van der Waals surface area contributed by atoms with E-state index < -0.39 is 38.2 Å². The van der Waals surface area contributed by atoms with E-state index in [2.05, 4.69) is 10.0 Å². The molecule has 0 aliphatic carbocycles. The summed E-state index contributed by atoms with van der Waals surface area (Å²) in [5.41, 5.74) is 5.98. The summed E-state index contributed by atoms with van der Waals surface area (Å²) in [4.78, 5) is 12.1. The normalized spacial score (nSPS) is 13.2. The molecule has 1 unspecified atom stereocenters. The first-order valence-electron chi connectivity index (χ1n) is 8.46. The molecule has 2 rings (SSSR count). The van der Waals surface area contributed by atoms with Crippen LogP contribution in [0.25, 0.3) is 0 Å². The smallest absolute Gasteiger partial charge is 0.244 e. The highest BCUT2D eigenvalue weighted by atomic mass is 32.2. The monoisotopic (exact) mass is 393 g/mol. The van der Waals surface area contributed by atoms with Crippen LogP contribution in [0.2, 0.25) is 0 Å². The topological polar surface area (TPSA) is 101 Å². The Kier molecular flexibility index (Phi) is 6.69. The maximum atomic E-state index is 13.9. The van der Waals surface area contributed by atoms with E-state index in [9.17, 15) is 17.6 Å². The van der Waals surface area contributed by atoms with E-state index in [4.69, 9.17) is 5.73 Å². The number of hydrogen-bond donors (Lipinski definition) is 3. The quantitative estimate of drug-likeness (QED) is 0.634. The number of benzene rings is 2. The third-order valence-electron chi connectivity index (χ3n) is 3.74. The molecule has 0 spiro atoms. The van der Waals surface area contributed by atoms with Crippen LogP contribution in [0.4, 0.5) is 4.39 Å². The molecule has 0 saturated heterocycles. The van der Waals surface area contributed by atoms with E-state index in [1.165, 1.54) is 12.1 Å². The summed E-state index contributed by atoms with van der Waals surface area (Å²) in [7, 11) is -4.23. The Hall–Kier alpha value is -2.29. The van der Waals surface area contributed by atoms with Crippen molar-refractivity contribution < 1.29 is 17.6 Å². The van der Waals surface area contributed by atoms with Crippen molar-refractivity contribution in [2.75, 3.05) is 6.54 Å². The molecule has 0 aliphatic rings. The SMILES string of the molecule is CC(C)(N)CNC(=O)C(Cc1ccccc1)NS(=O)(=O)c1ccccc1F. The molecular weight excluding hydrogens is 369 g/mol. The molecule has 2 aromatic carbocycles. The summed E-state index contributed by atoms with van der Waals surface area (Å²) in [5.74, 6) is -1.41. The second-order valence-electron chi connectivity index (χ2n) is 7.00. The van der Waals surface area contributed by atoms with Gasteiger partial charge in [0.2, 0.25) is 15.9 Å². The van der Waals surface area contributed by atoms with Gasteiger partial charge in [-0.25, -0.2) is 12.8 Å².